The number of benzene rings is 1. The van der Waals surface area contributed by atoms with E-state index < -0.39 is 9.84 Å². The number of nitrogens with zero attached hydrogens (tertiary/aromatic N) is 4. The van der Waals surface area contributed by atoms with Crippen LogP contribution in [0.3, 0.4) is 0 Å². The molecule has 2 heterocycles. The van der Waals surface area contributed by atoms with E-state index >= 15 is 0 Å². The van der Waals surface area contributed by atoms with Crippen LogP contribution in [-0.2, 0) is 23.6 Å². The van der Waals surface area contributed by atoms with Crippen molar-refractivity contribution in [1.82, 2.24) is 19.2 Å². The van der Waals surface area contributed by atoms with E-state index in [2.05, 4.69) is 10.00 Å². The van der Waals surface area contributed by atoms with Gasteiger partial charge >= 0.3 is 0 Å². The van der Waals surface area contributed by atoms with Crippen LogP contribution in [0.4, 0.5) is 4.39 Å². The monoisotopic (exact) mass is 384 g/mol. The van der Waals surface area contributed by atoms with E-state index in [1.807, 2.05) is 6.92 Å². The molecule has 1 aromatic carbocycles. The van der Waals surface area contributed by atoms with Crippen LogP contribution < -0.4 is 0 Å². The zero-order valence-corrected chi connectivity index (χ0v) is 15.9. The van der Waals surface area contributed by atoms with E-state index in [0.29, 0.717) is 35.8 Å². The van der Waals surface area contributed by atoms with Crippen LogP contribution in [0.25, 0.3) is 11.4 Å². The van der Waals surface area contributed by atoms with Crippen LogP contribution in [0, 0.1) is 10.6 Å². The van der Waals surface area contributed by atoms with E-state index in [4.69, 9.17) is 12.2 Å². The molecular weight excluding hydrogens is 363 g/mol. The highest BCUT2D eigenvalue weighted by molar-refractivity contribution is 7.91. The topological polar surface area (TPSA) is 60.1 Å². The second kappa shape index (κ2) is 6.97. The van der Waals surface area contributed by atoms with Crippen molar-refractivity contribution >= 4 is 22.1 Å². The van der Waals surface area contributed by atoms with E-state index in [9.17, 15) is 12.8 Å². The summed E-state index contributed by atoms with van der Waals surface area (Å²) in [7, 11) is -1.20. The summed E-state index contributed by atoms with van der Waals surface area (Å²) in [5.41, 5.74) is 0.390. The van der Waals surface area contributed by atoms with E-state index in [0.717, 1.165) is 0 Å². The fourth-order valence-electron chi connectivity index (χ4n) is 3.17. The predicted octanol–water partition coefficient (Wildman–Crippen LogP) is 2.22. The third kappa shape index (κ3) is 3.68. The zero-order chi connectivity index (χ0) is 18.2. The lowest BCUT2D eigenvalue weighted by Gasteiger charge is -2.25. The average Bonchev–Trinajstić information content (AvgIpc) is 3.07. The van der Waals surface area contributed by atoms with E-state index in [1.165, 1.54) is 6.07 Å². The molecule has 1 fully saturated rings. The Balaban J connectivity index is 1.90. The molecule has 1 atom stereocenters. The molecule has 136 valence electrons. The number of aromatic nitrogens is 3. The molecule has 1 saturated heterocycles. The highest BCUT2D eigenvalue weighted by Crippen LogP contribution is 2.22. The fraction of sp³-hybridized carbons (Fsp3) is 0.500. The maximum absolute atomic E-state index is 14.1. The minimum atomic E-state index is -2.96. The Hall–Kier alpha value is -1.58. The standard InChI is InChI=1S/C16H21FN4O2S2/c1-3-20(12-8-9-25(22,23)10-12)11-21-16(24)19(2)15(18-21)13-6-4-5-7-14(13)17/h4-7,12H,3,8-11H2,1-2H3. The van der Waals surface area contributed by atoms with Gasteiger partial charge in [-0.25, -0.2) is 17.5 Å². The molecule has 0 amide bonds. The fourth-order valence-corrected chi connectivity index (χ4v) is 5.11. The van der Waals surface area contributed by atoms with Crippen molar-refractivity contribution in [3.8, 4) is 11.4 Å². The van der Waals surface area contributed by atoms with Gasteiger partial charge in [0.25, 0.3) is 0 Å². The molecule has 0 bridgehead atoms. The molecular formula is C16H21FN4O2S2. The summed E-state index contributed by atoms with van der Waals surface area (Å²) < 4.78 is 41.3. The number of rotatable bonds is 5. The SMILES string of the molecule is CCN(Cn1nc(-c2ccccc2F)n(C)c1=S)C1CCS(=O)(=O)C1. The Labute approximate surface area is 151 Å². The lowest BCUT2D eigenvalue weighted by Crippen LogP contribution is -2.37. The van der Waals surface area contributed by atoms with Crippen LogP contribution >= 0.6 is 12.2 Å². The van der Waals surface area contributed by atoms with Gasteiger partial charge in [0.1, 0.15) is 5.82 Å². The first kappa shape index (κ1) is 18.2. The molecule has 1 unspecified atom stereocenters. The molecule has 1 aliphatic rings. The minimum absolute atomic E-state index is 0.0317. The Morgan fingerprint density at radius 3 is 2.72 bits per heavy atom. The quantitative estimate of drug-likeness (QED) is 0.740. The van der Waals surface area contributed by atoms with Crippen molar-refractivity contribution < 1.29 is 12.8 Å². The first-order valence-electron chi connectivity index (χ1n) is 8.15. The second-order valence-electron chi connectivity index (χ2n) is 6.25. The molecule has 25 heavy (non-hydrogen) atoms. The lowest BCUT2D eigenvalue weighted by molar-refractivity contribution is 0.164. The van der Waals surface area contributed by atoms with Crippen molar-refractivity contribution in [2.45, 2.75) is 26.1 Å². The normalized spacial score (nSPS) is 19.6. The molecule has 2 aromatic rings. The molecule has 0 radical (unpaired) electrons. The zero-order valence-electron chi connectivity index (χ0n) is 14.2. The average molecular weight is 385 g/mol. The molecule has 0 saturated carbocycles. The molecule has 9 heteroatoms. The summed E-state index contributed by atoms with van der Waals surface area (Å²) in [6, 6.07) is 6.40. The van der Waals surface area contributed by atoms with E-state index in [-0.39, 0.29) is 23.4 Å². The summed E-state index contributed by atoms with van der Waals surface area (Å²) in [4.78, 5) is 2.05. The van der Waals surface area contributed by atoms with Gasteiger partial charge in [0, 0.05) is 13.1 Å². The maximum Gasteiger partial charge on any atom is 0.199 e. The van der Waals surface area contributed by atoms with Crippen LogP contribution in [0.15, 0.2) is 24.3 Å². The van der Waals surface area contributed by atoms with Crippen molar-refractivity contribution in [3.05, 3.63) is 34.9 Å². The van der Waals surface area contributed by atoms with Crippen LogP contribution in [0.5, 0.6) is 0 Å². The predicted molar refractivity (Wildman–Crippen MR) is 96.9 cm³/mol. The van der Waals surface area contributed by atoms with Gasteiger partial charge in [-0.3, -0.25) is 4.90 Å². The van der Waals surface area contributed by atoms with Gasteiger partial charge in [-0.15, -0.1) is 0 Å². The van der Waals surface area contributed by atoms with Gasteiger partial charge < -0.3 is 4.57 Å². The summed E-state index contributed by atoms with van der Waals surface area (Å²) in [5, 5.41) is 4.48. The Kier molecular flexibility index (Phi) is 5.08. The number of halogens is 1. The third-order valence-electron chi connectivity index (χ3n) is 4.60. The van der Waals surface area contributed by atoms with Gasteiger partial charge in [-0.1, -0.05) is 19.1 Å². The second-order valence-corrected chi connectivity index (χ2v) is 8.84. The Bertz CT molecular complexity index is 936. The number of sulfone groups is 1. The third-order valence-corrected chi connectivity index (χ3v) is 6.84. The first-order chi connectivity index (χ1) is 11.8. The van der Waals surface area contributed by atoms with Crippen LogP contribution in [-0.4, -0.2) is 51.8 Å². The Morgan fingerprint density at radius 1 is 1.40 bits per heavy atom. The Morgan fingerprint density at radius 2 is 2.12 bits per heavy atom. The van der Waals surface area contributed by atoms with Crippen molar-refractivity contribution in [1.29, 1.82) is 0 Å². The van der Waals surface area contributed by atoms with Crippen molar-refractivity contribution in [2.24, 2.45) is 7.05 Å². The largest absolute Gasteiger partial charge is 0.303 e. The smallest absolute Gasteiger partial charge is 0.199 e. The minimum Gasteiger partial charge on any atom is -0.303 e. The maximum atomic E-state index is 14.1. The summed E-state index contributed by atoms with van der Waals surface area (Å²) in [6.07, 6.45) is 0.622. The molecule has 3 rings (SSSR count). The summed E-state index contributed by atoms with van der Waals surface area (Å²) in [6.45, 7) is 3.06. The molecule has 0 N–H and O–H groups in total. The molecule has 1 aromatic heterocycles. The van der Waals surface area contributed by atoms with Gasteiger partial charge in [0.05, 0.1) is 23.7 Å². The molecule has 1 aliphatic heterocycles. The summed E-state index contributed by atoms with van der Waals surface area (Å²) in [5.74, 6) is 0.494. The molecule has 6 nitrogen and oxygen atoms in total. The number of hydrogen-bond acceptors (Lipinski definition) is 5. The van der Waals surface area contributed by atoms with Gasteiger partial charge in [-0.05, 0) is 37.3 Å². The highest BCUT2D eigenvalue weighted by Gasteiger charge is 2.32. The molecule has 0 spiro atoms. The van der Waals surface area contributed by atoms with Crippen molar-refractivity contribution in [3.63, 3.8) is 0 Å². The van der Waals surface area contributed by atoms with Gasteiger partial charge in [0.15, 0.2) is 20.4 Å². The van der Waals surface area contributed by atoms with Crippen LogP contribution in [0.2, 0.25) is 0 Å². The van der Waals surface area contributed by atoms with Gasteiger partial charge in [0.2, 0.25) is 0 Å². The first-order valence-corrected chi connectivity index (χ1v) is 10.4. The lowest BCUT2D eigenvalue weighted by atomic mass is 10.2. The highest BCUT2D eigenvalue weighted by atomic mass is 32.2. The van der Waals surface area contributed by atoms with Gasteiger partial charge in [-0.2, -0.15) is 5.10 Å². The van der Waals surface area contributed by atoms with E-state index in [1.54, 1.807) is 34.5 Å². The number of hydrogen-bond donors (Lipinski definition) is 0. The van der Waals surface area contributed by atoms with Crippen molar-refractivity contribution in [2.75, 3.05) is 18.1 Å². The summed E-state index contributed by atoms with van der Waals surface area (Å²) >= 11 is 5.44. The molecule has 0 aliphatic carbocycles. The van der Waals surface area contributed by atoms with Crippen LogP contribution in [0.1, 0.15) is 13.3 Å².